The number of amides is 2. The van der Waals surface area contributed by atoms with Crippen molar-refractivity contribution in [1.82, 2.24) is 10.2 Å². The fraction of sp³-hybridized carbons (Fsp3) is 0.526. The van der Waals surface area contributed by atoms with Gasteiger partial charge >= 0.3 is 12.2 Å². The van der Waals surface area contributed by atoms with Crippen LogP contribution in [0.3, 0.4) is 0 Å². The van der Waals surface area contributed by atoms with Crippen molar-refractivity contribution >= 4 is 18.2 Å². The fourth-order valence-corrected chi connectivity index (χ4v) is 3.73. The Hall–Kier alpha value is -2.77. The second kappa shape index (κ2) is 8.28. The van der Waals surface area contributed by atoms with Crippen molar-refractivity contribution in [2.24, 2.45) is 0 Å². The number of rotatable bonds is 5. The largest absolute Gasteiger partial charge is 0.507 e. The second-order valence-corrected chi connectivity index (χ2v) is 6.95. The van der Waals surface area contributed by atoms with Crippen LogP contribution >= 0.6 is 0 Å². The van der Waals surface area contributed by atoms with Gasteiger partial charge in [0, 0.05) is 19.4 Å². The van der Waals surface area contributed by atoms with Gasteiger partial charge < -0.3 is 19.9 Å². The summed E-state index contributed by atoms with van der Waals surface area (Å²) in [5.41, 5.74) is -0.323. The van der Waals surface area contributed by atoms with Gasteiger partial charge in [-0.15, -0.1) is 0 Å². The lowest BCUT2D eigenvalue weighted by Gasteiger charge is -2.31. The Morgan fingerprint density at radius 2 is 1.85 bits per heavy atom. The standard InChI is InChI=1S/C19H24N2O6/c22-16(20-19(27-18(24)25)10-4-5-11-19)15-9-6-12-21(15)17(23)26-13-14-7-2-1-3-8-14/h1-3,7-8,15H,4-6,9-13H2,(H,20,22)(H,24,25)/t15-/m0/s1. The molecule has 1 saturated carbocycles. The van der Waals surface area contributed by atoms with Gasteiger partial charge in [-0.05, 0) is 31.2 Å². The number of nitrogens with zero attached hydrogens (tertiary/aromatic N) is 1. The topological polar surface area (TPSA) is 105 Å². The summed E-state index contributed by atoms with van der Waals surface area (Å²) in [4.78, 5) is 37.6. The van der Waals surface area contributed by atoms with E-state index in [1.807, 2.05) is 30.3 Å². The Morgan fingerprint density at radius 1 is 1.15 bits per heavy atom. The van der Waals surface area contributed by atoms with Crippen LogP contribution in [0.5, 0.6) is 0 Å². The Kier molecular flexibility index (Phi) is 5.83. The molecule has 1 saturated heterocycles. The maximum atomic E-state index is 12.7. The van der Waals surface area contributed by atoms with Crippen molar-refractivity contribution < 1.29 is 29.0 Å². The first-order chi connectivity index (χ1) is 13.0. The van der Waals surface area contributed by atoms with Gasteiger partial charge in [0.05, 0.1) is 0 Å². The van der Waals surface area contributed by atoms with E-state index in [4.69, 9.17) is 14.6 Å². The molecule has 0 bridgehead atoms. The summed E-state index contributed by atoms with van der Waals surface area (Å²) < 4.78 is 10.3. The molecule has 3 rings (SSSR count). The van der Waals surface area contributed by atoms with Gasteiger partial charge in [-0.25, -0.2) is 9.59 Å². The third kappa shape index (κ3) is 4.69. The molecule has 1 heterocycles. The van der Waals surface area contributed by atoms with Crippen LogP contribution in [0.25, 0.3) is 0 Å². The summed E-state index contributed by atoms with van der Waals surface area (Å²) in [6.07, 6.45) is 1.67. The molecule has 8 heteroatoms. The third-order valence-electron chi connectivity index (χ3n) is 5.04. The molecule has 2 amide bonds. The van der Waals surface area contributed by atoms with Crippen LogP contribution in [0.2, 0.25) is 0 Å². The number of hydrogen-bond acceptors (Lipinski definition) is 5. The molecule has 0 unspecified atom stereocenters. The highest BCUT2D eigenvalue weighted by Crippen LogP contribution is 2.32. The molecule has 1 aliphatic heterocycles. The van der Waals surface area contributed by atoms with Crippen molar-refractivity contribution in [1.29, 1.82) is 0 Å². The summed E-state index contributed by atoms with van der Waals surface area (Å²) >= 11 is 0. The van der Waals surface area contributed by atoms with Crippen LogP contribution in [0.4, 0.5) is 9.59 Å². The highest BCUT2D eigenvalue weighted by Gasteiger charge is 2.43. The zero-order valence-corrected chi connectivity index (χ0v) is 15.1. The minimum atomic E-state index is -1.41. The number of carbonyl (C=O) groups excluding carboxylic acids is 2. The Bertz CT molecular complexity index is 687. The molecule has 1 aromatic carbocycles. The number of nitrogens with one attached hydrogen (secondary N) is 1. The molecular weight excluding hydrogens is 352 g/mol. The summed E-state index contributed by atoms with van der Waals surface area (Å²) in [5.74, 6) is -0.396. The Balaban J connectivity index is 1.60. The van der Waals surface area contributed by atoms with Gasteiger partial charge in [-0.1, -0.05) is 30.3 Å². The van der Waals surface area contributed by atoms with E-state index in [1.165, 1.54) is 4.90 Å². The Labute approximate surface area is 157 Å². The molecule has 1 aliphatic carbocycles. The molecule has 1 aromatic rings. The zero-order valence-electron chi connectivity index (χ0n) is 15.1. The first kappa shape index (κ1) is 19.0. The summed E-state index contributed by atoms with van der Waals surface area (Å²) in [6.45, 7) is 0.565. The smallest absolute Gasteiger partial charge is 0.450 e. The third-order valence-corrected chi connectivity index (χ3v) is 5.04. The molecule has 8 nitrogen and oxygen atoms in total. The lowest BCUT2D eigenvalue weighted by atomic mass is 10.1. The number of carboxylic acid groups (broad SMARTS) is 1. The predicted octanol–water partition coefficient (Wildman–Crippen LogP) is 2.87. The van der Waals surface area contributed by atoms with E-state index in [-0.39, 0.29) is 6.61 Å². The molecule has 2 N–H and O–H groups in total. The second-order valence-electron chi connectivity index (χ2n) is 6.95. The highest BCUT2D eigenvalue weighted by atomic mass is 16.7. The molecule has 2 fully saturated rings. The fourth-order valence-electron chi connectivity index (χ4n) is 3.73. The number of likely N-dealkylation sites (tertiary alicyclic amines) is 1. The lowest BCUT2D eigenvalue weighted by molar-refractivity contribution is -0.133. The van der Waals surface area contributed by atoms with Gasteiger partial charge in [0.25, 0.3) is 0 Å². The summed E-state index contributed by atoms with van der Waals surface area (Å²) in [5, 5.41) is 11.7. The minimum Gasteiger partial charge on any atom is -0.450 e. The van der Waals surface area contributed by atoms with Gasteiger partial charge in [0.15, 0.2) is 5.72 Å². The molecule has 0 aromatic heterocycles. The molecular formula is C19H24N2O6. The number of benzene rings is 1. The van der Waals surface area contributed by atoms with Crippen LogP contribution < -0.4 is 5.32 Å². The normalized spacial score (nSPS) is 20.9. The van der Waals surface area contributed by atoms with Crippen LogP contribution in [0.1, 0.15) is 44.1 Å². The van der Waals surface area contributed by atoms with Gasteiger partial charge in [-0.3, -0.25) is 9.69 Å². The first-order valence-corrected chi connectivity index (χ1v) is 9.20. The Morgan fingerprint density at radius 3 is 2.52 bits per heavy atom. The van der Waals surface area contributed by atoms with E-state index < -0.39 is 29.9 Å². The number of carbonyl (C=O) groups is 3. The maximum absolute atomic E-state index is 12.7. The van der Waals surface area contributed by atoms with Crippen LogP contribution in [-0.4, -0.2) is 46.5 Å². The summed E-state index contributed by atoms with van der Waals surface area (Å²) in [7, 11) is 0. The van der Waals surface area contributed by atoms with Crippen molar-refractivity contribution in [3.05, 3.63) is 35.9 Å². The quantitative estimate of drug-likeness (QED) is 0.605. The van der Waals surface area contributed by atoms with E-state index in [1.54, 1.807) is 0 Å². The first-order valence-electron chi connectivity index (χ1n) is 9.20. The number of hydrogen-bond donors (Lipinski definition) is 2. The van der Waals surface area contributed by atoms with E-state index >= 15 is 0 Å². The van der Waals surface area contributed by atoms with Crippen LogP contribution in [-0.2, 0) is 20.9 Å². The van der Waals surface area contributed by atoms with Crippen LogP contribution in [0, 0.1) is 0 Å². The van der Waals surface area contributed by atoms with Gasteiger partial charge in [0.1, 0.15) is 12.6 Å². The highest BCUT2D eigenvalue weighted by molar-refractivity contribution is 5.86. The molecule has 146 valence electrons. The van der Waals surface area contributed by atoms with E-state index in [9.17, 15) is 14.4 Å². The zero-order chi connectivity index (χ0) is 19.3. The lowest BCUT2D eigenvalue weighted by Crippen LogP contribution is -2.55. The average molecular weight is 376 g/mol. The van der Waals surface area contributed by atoms with Gasteiger partial charge in [-0.2, -0.15) is 0 Å². The maximum Gasteiger partial charge on any atom is 0.507 e. The van der Waals surface area contributed by atoms with Gasteiger partial charge in [0.2, 0.25) is 5.91 Å². The summed E-state index contributed by atoms with van der Waals surface area (Å²) in [6, 6.07) is 8.63. The van der Waals surface area contributed by atoms with Crippen molar-refractivity contribution in [2.45, 2.75) is 56.9 Å². The monoisotopic (exact) mass is 376 g/mol. The average Bonchev–Trinajstić information content (AvgIpc) is 3.30. The molecule has 0 spiro atoms. The van der Waals surface area contributed by atoms with Crippen molar-refractivity contribution in [2.75, 3.05) is 6.54 Å². The van der Waals surface area contributed by atoms with Crippen LogP contribution in [0.15, 0.2) is 30.3 Å². The van der Waals surface area contributed by atoms with E-state index in [2.05, 4.69) is 5.32 Å². The van der Waals surface area contributed by atoms with E-state index in [0.717, 1.165) is 18.4 Å². The SMILES string of the molecule is O=C(O)OC1(NC(=O)[C@@H]2CCCN2C(=O)OCc2ccccc2)CCCC1. The molecule has 2 aliphatic rings. The van der Waals surface area contributed by atoms with E-state index in [0.29, 0.717) is 32.2 Å². The predicted molar refractivity (Wildman–Crippen MR) is 94.8 cm³/mol. The van der Waals surface area contributed by atoms with Crippen molar-refractivity contribution in [3.8, 4) is 0 Å². The van der Waals surface area contributed by atoms with Crippen molar-refractivity contribution in [3.63, 3.8) is 0 Å². The molecule has 27 heavy (non-hydrogen) atoms. The minimum absolute atomic E-state index is 0.135. The molecule has 0 radical (unpaired) electrons. The molecule has 1 atom stereocenters. The number of ether oxygens (including phenoxy) is 2.